The number of aliphatic carboxylic acids is 1. The molecule has 37 heavy (non-hydrogen) atoms. The quantitative estimate of drug-likeness (QED) is 0.252. The van der Waals surface area contributed by atoms with Gasteiger partial charge in [-0.05, 0) is 98.0 Å². The number of aliphatic hydroxyl groups excluding tert-OH is 1. The van der Waals surface area contributed by atoms with E-state index in [0.717, 1.165) is 24.8 Å². The van der Waals surface area contributed by atoms with Crippen molar-refractivity contribution < 1.29 is 24.5 Å². The number of carboxylic acids is 1. The minimum atomic E-state index is -1.02. The van der Waals surface area contributed by atoms with Crippen molar-refractivity contribution >= 4 is 11.9 Å². The number of aliphatic hydroxyl groups is 1. The van der Waals surface area contributed by atoms with E-state index in [2.05, 4.69) is 20.8 Å². The Morgan fingerprint density at radius 1 is 1.05 bits per heavy atom. The number of allylic oxidation sites excluding steroid dienone is 3. The van der Waals surface area contributed by atoms with E-state index in [1.165, 1.54) is 6.92 Å². The van der Waals surface area contributed by atoms with Gasteiger partial charge in [0.15, 0.2) is 0 Å². The summed E-state index contributed by atoms with van der Waals surface area (Å²) in [5.74, 6) is -1.16. The predicted octanol–water partition coefficient (Wildman–Crippen LogP) is 4.10. The van der Waals surface area contributed by atoms with Gasteiger partial charge in [-0.2, -0.15) is 0 Å². The number of fused-ring (bicyclic) bond motifs is 5. The average molecular weight is 515 g/mol. The van der Waals surface area contributed by atoms with E-state index in [4.69, 9.17) is 16.2 Å². The summed E-state index contributed by atoms with van der Waals surface area (Å²) in [6, 6.07) is -0.408. The van der Waals surface area contributed by atoms with E-state index in [0.29, 0.717) is 24.8 Å². The highest BCUT2D eigenvalue weighted by Crippen LogP contribution is 2.73. The van der Waals surface area contributed by atoms with Crippen LogP contribution in [0.2, 0.25) is 0 Å². The first-order valence-corrected chi connectivity index (χ1v) is 13.8. The molecule has 10 atom stereocenters. The molecule has 0 radical (unpaired) electrons. The van der Waals surface area contributed by atoms with Gasteiger partial charge in [0.2, 0.25) is 0 Å². The molecule has 0 bridgehead atoms. The van der Waals surface area contributed by atoms with Crippen LogP contribution in [0.5, 0.6) is 0 Å². The zero-order chi connectivity index (χ0) is 27.5. The van der Waals surface area contributed by atoms with Crippen molar-refractivity contribution in [2.24, 2.45) is 45.5 Å². The van der Waals surface area contributed by atoms with Gasteiger partial charge >= 0.3 is 11.9 Å². The Balaban J connectivity index is 1.86. The van der Waals surface area contributed by atoms with Crippen LogP contribution in [0.1, 0.15) is 80.1 Å². The first-order valence-electron chi connectivity index (χ1n) is 13.8. The van der Waals surface area contributed by atoms with Crippen molar-refractivity contribution in [2.75, 3.05) is 0 Å². The standard InChI is InChI=1S/C30H46N2O5/c1-16(2)8-7-9-18(27(35)36)24-20-14-21(31)26-28(4)12-11-22(34)25(32)19(28)10-13-29(26,5)30(20,6)15-23(24)37-17(3)33/h7-9,19-23,25-26,34H,10-15,31-32H2,1-6H3,(H,35,36)/b9-7-,24-18-/t19-,20-,21-,22+,23-,25-,26-,28-,29-,30-/m0/s1. The molecule has 4 aliphatic rings. The fraction of sp³-hybridized carbons (Fsp3) is 0.733. The maximum Gasteiger partial charge on any atom is 0.335 e. The normalized spacial score (nSPS) is 46.5. The molecule has 4 saturated carbocycles. The molecular weight excluding hydrogens is 468 g/mol. The molecule has 7 nitrogen and oxygen atoms in total. The van der Waals surface area contributed by atoms with Crippen LogP contribution in [-0.4, -0.2) is 46.4 Å². The highest BCUT2D eigenvalue weighted by Gasteiger charge is 2.70. The maximum absolute atomic E-state index is 12.6. The van der Waals surface area contributed by atoms with Gasteiger partial charge in [0.25, 0.3) is 0 Å². The fourth-order valence-corrected chi connectivity index (χ4v) is 9.32. The summed E-state index contributed by atoms with van der Waals surface area (Å²) in [6.45, 7) is 12.2. The molecule has 0 unspecified atom stereocenters. The molecule has 0 spiro atoms. The molecule has 0 aromatic carbocycles. The Bertz CT molecular complexity index is 1040. The van der Waals surface area contributed by atoms with Crippen LogP contribution >= 0.6 is 0 Å². The molecule has 4 aliphatic carbocycles. The monoisotopic (exact) mass is 514 g/mol. The van der Waals surface area contributed by atoms with Crippen LogP contribution < -0.4 is 11.5 Å². The van der Waals surface area contributed by atoms with E-state index >= 15 is 0 Å². The zero-order valence-corrected chi connectivity index (χ0v) is 23.3. The van der Waals surface area contributed by atoms with E-state index in [9.17, 15) is 19.8 Å². The highest BCUT2D eigenvalue weighted by atomic mass is 16.5. The lowest BCUT2D eigenvalue weighted by atomic mass is 9.36. The number of esters is 1. The lowest BCUT2D eigenvalue weighted by molar-refractivity contribution is -0.196. The molecule has 0 aromatic heterocycles. The first-order chi connectivity index (χ1) is 17.2. The van der Waals surface area contributed by atoms with Gasteiger partial charge in [-0.15, -0.1) is 0 Å². The van der Waals surface area contributed by atoms with Crippen LogP contribution in [0, 0.1) is 34.0 Å². The summed E-state index contributed by atoms with van der Waals surface area (Å²) >= 11 is 0. The highest BCUT2D eigenvalue weighted by molar-refractivity contribution is 5.91. The second kappa shape index (κ2) is 9.65. The largest absolute Gasteiger partial charge is 0.478 e. The van der Waals surface area contributed by atoms with Gasteiger partial charge in [0.1, 0.15) is 6.10 Å². The Morgan fingerprint density at radius 3 is 2.32 bits per heavy atom. The van der Waals surface area contributed by atoms with Gasteiger partial charge in [0.05, 0.1) is 11.7 Å². The Labute approximate surface area is 221 Å². The number of carboxylic acid groups (broad SMARTS) is 1. The Morgan fingerprint density at radius 2 is 1.73 bits per heavy atom. The van der Waals surface area contributed by atoms with Crippen LogP contribution in [0.15, 0.2) is 34.9 Å². The van der Waals surface area contributed by atoms with Crippen LogP contribution in [-0.2, 0) is 14.3 Å². The van der Waals surface area contributed by atoms with Gasteiger partial charge < -0.3 is 26.4 Å². The maximum atomic E-state index is 12.6. The molecule has 7 heteroatoms. The average Bonchev–Trinajstić information content (AvgIpc) is 3.05. The minimum absolute atomic E-state index is 0.110. The van der Waals surface area contributed by atoms with E-state index < -0.39 is 24.1 Å². The van der Waals surface area contributed by atoms with Crippen LogP contribution in [0.4, 0.5) is 0 Å². The van der Waals surface area contributed by atoms with Crippen molar-refractivity contribution in [1.29, 1.82) is 0 Å². The fourth-order valence-electron chi connectivity index (χ4n) is 9.32. The van der Waals surface area contributed by atoms with E-state index in [1.807, 2.05) is 19.9 Å². The molecule has 0 aromatic rings. The second-order valence-electron chi connectivity index (χ2n) is 13.2. The van der Waals surface area contributed by atoms with Crippen molar-refractivity contribution in [3.8, 4) is 0 Å². The molecule has 4 rings (SSSR count). The lowest BCUT2D eigenvalue weighted by Crippen LogP contribution is -2.69. The molecule has 206 valence electrons. The summed E-state index contributed by atoms with van der Waals surface area (Å²) in [7, 11) is 0. The molecule has 0 saturated heterocycles. The predicted molar refractivity (Wildman–Crippen MR) is 143 cm³/mol. The van der Waals surface area contributed by atoms with Crippen molar-refractivity contribution in [3.63, 3.8) is 0 Å². The third kappa shape index (κ3) is 4.31. The Kier molecular flexibility index (Phi) is 7.32. The van der Waals surface area contributed by atoms with Crippen LogP contribution in [0.3, 0.4) is 0 Å². The molecular formula is C30H46N2O5. The number of carbonyl (C=O) groups excluding carboxylic acids is 1. The smallest absolute Gasteiger partial charge is 0.335 e. The second-order valence-corrected chi connectivity index (χ2v) is 13.2. The first kappa shape index (κ1) is 28.1. The Hall–Kier alpha value is -1.96. The summed E-state index contributed by atoms with van der Waals surface area (Å²) in [4.78, 5) is 24.8. The molecule has 0 heterocycles. The molecule has 0 aliphatic heterocycles. The zero-order valence-electron chi connectivity index (χ0n) is 23.3. The summed E-state index contributed by atoms with van der Waals surface area (Å²) in [6.07, 6.45) is 8.78. The molecule has 6 N–H and O–H groups in total. The van der Waals surface area contributed by atoms with Crippen molar-refractivity contribution in [1.82, 2.24) is 0 Å². The minimum Gasteiger partial charge on any atom is -0.478 e. The number of carbonyl (C=O) groups is 2. The van der Waals surface area contributed by atoms with E-state index in [1.54, 1.807) is 12.2 Å². The van der Waals surface area contributed by atoms with Crippen LogP contribution in [0.25, 0.3) is 0 Å². The number of nitrogens with two attached hydrogens (primary N) is 2. The molecule has 0 amide bonds. The lowest BCUT2D eigenvalue weighted by Gasteiger charge is -2.69. The number of hydrogen-bond acceptors (Lipinski definition) is 6. The van der Waals surface area contributed by atoms with E-state index in [-0.39, 0.29) is 51.7 Å². The third-order valence-electron chi connectivity index (χ3n) is 11.0. The third-order valence-corrected chi connectivity index (χ3v) is 11.0. The van der Waals surface area contributed by atoms with Gasteiger partial charge in [-0.3, -0.25) is 4.79 Å². The SMILES string of the molecule is CC(=O)O[C@H]1C[C@@]2(C)[C@@H](C[C@H](N)[C@H]3[C@@]4(C)CC[C@@H](O)[C@@H](N)[C@@H]4CC[C@@]32C)/C1=C(\C=C/C=C(C)C)C(=O)O. The van der Waals surface area contributed by atoms with Gasteiger partial charge in [-0.1, -0.05) is 38.5 Å². The number of ether oxygens (including phenoxy) is 1. The van der Waals surface area contributed by atoms with Crippen molar-refractivity contribution in [3.05, 3.63) is 34.9 Å². The molecule has 4 fully saturated rings. The van der Waals surface area contributed by atoms with Crippen molar-refractivity contribution in [2.45, 2.75) is 104 Å². The van der Waals surface area contributed by atoms with Gasteiger partial charge in [0, 0.05) is 19.0 Å². The summed E-state index contributed by atoms with van der Waals surface area (Å²) in [5, 5.41) is 20.9. The summed E-state index contributed by atoms with van der Waals surface area (Å²) in [5.41, 5.74) is 15.0. The number of hydrogen-bond donors (Lipinski definition) is 4. The summed E-state index contributed by atoms with van der Waals surface area (Å²) < 4.78 is 5.86. The topological polar surface area (TPSA) is 136 Å². The number of rotatable bonds is 4. The van der Waals surface area contributed by atoms with Gasteiger partial charge in [-0.25, -0.2) is 4.79 Å².